The Bertz CT molecular complexity index is 741. The maximum atomic E-state index is 10.3. The lowest BCUT2D eigenvalue weighted by Gasteiger charge is -2.15. The van der Waals surface area contributed by atoms with Gasteiger partial charge in [-0.05, 0) is 43.8 Å². The van der Waals surface area contributed by atoms with E-state index in [1.165, 1.54) is 22.5 Å². The number of halogens is 2. The first-order valence-electron chi connectivity index (χ1n) is 9.23. The highest BCUT2D eigenvalue weighted by Gasteiger charge is 2.11. The number of guanidine groups is 1. The van der Waals surface area contributed by atoms with E-state index in [-0.39, 0.29) is 24.0 Å². The van der Waals surface area contributed by atoms with Crippen LogP contribution in [0.1, 0.15) is 36.0 Å². The molecule has 1 unspecified atom stereocenters. The highest BCUT2D eigenvalue weighted by atomic mass is 127. The fourth-order valence-corrected chi connectivity index (χ4v) is 3.61. The molecule has 3 N–H and O–H groups in total. The summed E-state index contributed by atoms with van der Waals surface area (Å²) in [6.07, 6.45) is -0.612. The number of rotatable bonds is 9. The number of hydrogen-bond acceptors (Lipinski definition) is 4. The first-order valence-corrected chi connectivity index (χ1v) is 10.4. The first-order chi connectivity index (χ1) is 13.0. The minimum absolute atomic E-state index is 0. The lowest BCUT2D eigenvalue weighted by atomic mass is 10.1. The maximum absolute atomic E-state index is 10.3. The molecule has 156 valence electrons. The molecule has 1 aromatic carbocycles. The van der Waals surface area contributed by atoms with Crippen molar-refractivity contribution < 1.29 is 5.11 Å². The van der Waals surface area contributed by atoms with Crippen LogP contribution < -0.4 is 10.6 Å². The van der Waals surface area contributed by atoms with Crippen LogP contribution in [0.25, 0.3) is 0 Å². The second-order valence-corrected chi connectivity index (χ2v) is 8.13. The Hall–Kier alpha value is -0.870. The monoisotopic (exact) mass is 536 g/mol. The summed E-state index contributed by atoms with van der Waals surface area (Å²) >= 11 is 7.33. The Kier molecular flexibility index (Phi) is 12.0. The zero-order chi connectivity index (χ0) is 19.6. The van der Waals surface area contributed by atoms with Gasteiger partial charge in [0, 0.05) is 24.5 Å². The van der Waals surface area contributed by atoms with Crippen molar-refractivity contribution in [2.45, 2.75) is 33.0 Å². The molecule has 0 amide bonds. The van der Waals surface area contributed by atoms with Crippen LogP contribution in [0.4, 0.5) is 0 Å². The van der Waals surface area contributed by atoms with Crippen LogP contribution in [-0.4, -0.2) is 42.6 Å². The molecule has 1 aromatic heterocycles. The molecule has 0 spiro atoms. The van der Waals surface area contributed by atoms with Gasteiger partial charge in [0.25, 0.3) is 0 Å². The van der Waals surface area contributed by atoms with Gasteiger partial charge in [0.05, 0.1) is 10.9 Å². The van der Waals surface area contributed by atoms with Crippen molar-refractivity contribution in [3.63, 3.8) is 0 Å². The zero-order valence-corrected chi connectivity index (χ0v) is 20.5. The van der Waals surface area contributed by atoms with E-state index >= 15 is 0 Å². The van der Waals surface area contributed by atoms with Gasteiger partial charge in [-0.15, -0.1) is 35.3 Å². The van der Waals surface area contributed by atoms with Crippen LogP contribution >= 0.6 is 46.9 Å². The van der Waals surface area contributed by atoms with Gasteiger partial charge in [-0.2, -0.15) is 0 Å². The van der Waals surface area contributed by atoms with Gasteiger partial charge in [0.2, 0.25) is 0 Å². The molecule has 0 fully saturated rings. The van der Waals surface area contributed by atoms with Gasteiger partial charge < -0.3 is 20.6 Å². The van der Waals surface area contributed by atoms with Gasteiger partial charge in [0.15, 0.2) is 5.96 Å². The molecule has 8 heteroatoms. The molecule has 0 aliphatic carbocycles. The van der Waals surface area contributed by atoms with E-state index in [0.717, 1.165) is 24.5 Å². The van der Waals surface area contributed by atoms with E-state index in [1.807, 2.05) is 13.0 Å². The quantitative estimate of drug-likeness (QED) is 0.255. The molecule has 0 saturated heterocycles. The fourth-order valence-electron chi connectivity index (χ4n) is 2.56. The van der Waals surface area contributed by atoms with Crippen molar-refractivity contribution in [3.8, 4) is 0 Å². The van der Waals surface area contributed by atoms with Gasteiger partial charge >= 0.3 is 0 Å². The maximum Gasteiger partial charge on any atom is 0.191 e. The summed E-state index contributed by atoms with van der Waals surface area (Å²) in [5.74, 6) is 0.690. The summed E-state index contributed by atoms with van der Waals surface area (Å²) < 4.78 is 0.679. The Morgan fingerprint density at radius 1 is 1.21 bits per heavy atom. The largest absolute Gasteiger partial charge is 0.386 e. The third-order valence-corrected chi connectivity index (χ3v) is 5.47. The van der Waals surface area contributed by atoms with E-state index in [2.05, 4.69) is 58.8 Å². The average Bonchev–Trinajstić information content (AvgIpc) is 3.10. The molecule has 2 aromatic rings. The standard InChI is InChI=1S/C20H29ClN4OS.HI/c1-4-22-20(24-13-17(26)18-9-10-19(21)27-18)23-12-15-7-6-8-16(11-15)14-25(3)5-2;/h6-11,17,26H,4-5,12-14H2,1-3H3,(H2,22,23,24);1H. The number of nitrogens with one attached hydrogen (secondary N) is 2. The van der Waals surface area contributed by atoms with Crippen molar-refractivity contribution >= 4 is 52.9 Å². The third-order valence-electron chi connectivity index (χ3n) is 4.13. The molecular weight excluding hydrogens is 507 g/mol. The van der Waals surface area contributed by atoms with E-state index in [0.29, 0.717) is 23.4 Å². The molecule has 0 radical (unpaired) electrons. The highest BCUT2D eigenvalue weighted by molar-refractivity contribution is 14.0. The van der Waals surface area contributed by atoms with Crippen LogP contribution in [0.2, 0.25) is 4.34 Å². The van der Waals surface area contributed by atoms with Crippen LogP contribution in [0, 0.1) is 0 Å². The van der Waals surface area contributed by atoms with Crippen LogP contribution in [-0.2, 0) is 13.1 Å². The minimum Gasteiger partial charge on any atom is -0.386 e. The Morgan fingerprint density at radius 2 is 1.96 bits per heavy atom. The van der Waals surface area contributed by atoms with Gasteiger partial charge in [-0.3, -0.25) is 0 Å². The first kappa shape index (κ1) is 25.2. The van der Waals surface area contributed by atoms with Gasteiger partial charge in [-0.1, -0.05) is 42.8 Å². The van der Waals surface area contributed by atoms with Crippen molar-refractivity contribution in [2.24, 2.45) is 4.99 Å². The highest BCUT2D eigenvalue weighted by Crippen LogP contribution is 2.26. The number of aliphatic hydroxyl groups excluding tert-OH is 1. The molecular formula is C20H30ClIN4OS. The predicted octanol–water partition coefficient (Wildman–Crippen LogP) is 4.26. The number of hydrogen-bond donors (Lipinski definition) is 3. The van der Waals surface area contributed by atoms with Crippen molar-refractivity contribution in [1.29, 1.82) is 0 Å². The molecule has 1 heterocycles. The Morgan fingerprint density at radius 3 is 2.61 bits per heavy atom. The van der Waals surface area contributed by atoms with E-state index in [9.17, 15) is 5.11 Å². The number of benzene rings is 1. The molecule has 5 nitrogen and oxygen atoms in total. The molecule has 2 rings (SSSR count). The summed E-state index contributed by atoms with van der Waals surface area (Å²) in [7, 11) is 2.12. The summed E-state index contributed by atoms with van der Waals surface area (Å²) in [6, 6.07) is 12.2. The number of aliphatic hydroxyl groups is 1. The molecule has 0 aliphatic heterocycles. The van der Waals surface area contributed by atoms with E-state index < -0.39 is 6.10 Å². The normalized spacial score (nSPS) is 12.6. The second kappa shape index (κ2) is 13.4. The SMILES string of the molecule is CCNC(=NCc1cccc(CN(C)CC)c1)NCC(O)c1ccc(Cl)s1.I. The number of thiophene rings is 1. The van der Waals surface area contributed by atoms with Gasteiger partial charge in [-0.25, -0.2) is 4.99 Å². The molecule has 0 saturated carbocycles. The van der Waals surface area contributed by atoms with Gasteiger partial charge in [0.1, 0.15) is 6.10 Å². The van der Waals surface area contributed by atoms with E-state index in [1.54, 1.807) is 6.07 Å². The Labute approximate surface area is 194 Å². The zero-order valence-electron chi connectivity index (χ0n) is 16.6. The summed E-state index contributed by atoms with van der Waals surface area (Å²) in [6.45, 7) is 7.85. The lowest BCUT2D eigenvalue weighted by molar-refractivity contribution is 0.184. The topological polar surface area (TPSA) is 59.9 Å². The summed E-state index contributed by atoms with van der Waals surface area (Å²) in [5.41, 5.74) is 2.45. The number of aliphatic imine (C=N–C) groups is 1. The van der Waals surface area contributed by atoms with E-state index in [4.69, 9.17) is 11.6 Å². The summed E-state index contributed by atoms with van der Waals surface area (Å²) in [4.78, 5) is 7.76. The predicted molar refractivity (Wildman–Crippen MR) is 131 cm³/mol. The molecule has 0 bridgehead atoms. The second-order valence-electron chi connectivity index (χ2n) is 6.38. The van der Waals surface area contributed by atoms with Crippen molar-refractivity contribution in [3.05, 3.63) is 56.7 Å². The Balaban J connectivity index is 0.00000392. The van der Waals surface area contributed by atoms with Crippen molar-refractivity contribution in [1.82, 2.24) is 15.5 Å². The third kappa shape index (κ3) is 8.65. The molecule has 0 aliphatic rings. The van der Waals surface area contributed by atoms with Crippen LogP contribution in [0.3, 0.4) is 0 Å². The number of nitrogens with zero attached hydrogens (tertiary/aromatic N) is 2. The van der Waals surface area contributed by atoms with Crippen LogP contribution in [0.15, 0.2) is 41.4 Å². The van der Waals surface area contributed by atoms with Crippen LogP contribution in [0.5, 0.6) is 0 Å². The fraction of sp³-hybridized carbons (Fsp3) is 0.450. The smallest absolute Gasteiger partial charge is 0.191 e. The minimum atomic E-state index is -0.612. The van der Waals surface area contributed by atoms with Crippen molar-refractivity contribution in [2.75, 3.05) is 26.7 Å². The molecule has 1 atom stereocenters. The average molecular weight is 537 g/mol. The lowest BCUT2D eigenvalue weighted by Crippen LogP contribution is -2.39. The summed E-state index contributed by atoms with van der Waals surface area (Å²) in [5, 5.41) is 16.7. The molecule has 28 heavy (non-hydrogen) atoms.